The van der Waals surface area contributed by atoms with Gasteiger partial charge >= 0.3 is 0 Å². The molecule has 8 saturated heterocycles. The highest BCUT2D eigenvalue weighted by atomic mass is 16.5. The molecule has 141 heavy (non-hydrogen) atoms. The lowest BCUT2D eigenvalue weighted by Crippen LogP contribution is -2.36. The lowest BCUT2D eigenvalue weighted by molar-refractivity contribution is 0.226. The zero-order valence-electron chi connectivity index (χ0n) is 85.5. The maximum Gasteiger partial charge on any atom is 0.163 e. The van der Waals surface area contributed by atoms with E-state index in [1.807, 2.05) is 85.8 Å². The molecular formula is C113H154N16O12. The summed E-state index contributed by atoms with van der Waals surface area (Å²) in [6.07, 6.45) is 26.9. The molecule has 0 saturated carbocycles. The van der Waals surface area contributed by atoms with Crippen LogP contribution < -0.4 is 54.4 Å². The number of rotatable bonds is 38. The quantitative estimate of drug-likeness (QED) is 0.0225. The van der Waals surface area contributed by atoms with Crippen LogP contribution in [0.25, 0.3) is 89.4 Å². The van der Waals surface area contributed by atoms with Crippen LogP contribution in [0.5, 0.6) is 46.0 Å². The third-order valence-corrected chi connectivity index (χ3v) is 29.4. The highest BCUT2D eigenvalue weighted by Crippen LogP contribution is 2.44. The molecule has 0 bridgehead atoms. The molecule has 12 aromatic rings. The summed E-state index contributed by atoms with van der Waals surface area (Å²) in [4.78, 5) is 39.4. The van der Waals surface area contributed by atoms with Gasteiger partial charge in [0, 0.05) is 132 Å². The number of likely N-dealkylation sites (tertiary alicyclic amines) is 8. The zero-order chi connectivity index (χ0) is 97.3. The van der Waals surface area contributed by atoms with Gasteiger partial charge in [-0.25, -0.2) is 19.9 Å². The van der Waals surface area contributed by atoms with Gasteiger partial charge in [-0.05, 0) is 371 Å². The summed E-state index contributed by atoms with van der Waals surface area (Å²) in [5, 5.41) is 29.9. The average molecular weight is 1930 g/mol. The normalized spacial score (nSPS) is 17.8. The molecule has 0 aliphatic carbocycles. The second-order valence-electron chi connectivity index (χ2n) is 40.0. The van der Waals surface area contributed by atoms with Crippen molar-refractivity contribution in [3.8, 4) is 91.8 Å². The first-order chi connectivity index (χ1) is 69.0. The molecule has 758 valence electrons. The second-order valence-corrected chi connectivity index (χ2v) is 40.0. The fourth-order valence-electron chi connectivity index (χ4n) is 20.8. The van der Waals surface area contributed by atoms with Crippen LogP contribution in [0.15, 0.2) is 145 Å². The van der Waals surface area contributed by atoms with Gasteiger partial charge in [-0.3, -0.25) is 0 Å². The third kappa shape index (κ3) is 27.7. The van der Waals surface area contributed by atoms with Crippen LogP contribution >= 0.6 is 0 Å². The molecule has 0 atom stereocenters. The molecule has 4 aromatic carbocycles. The molecule has 28 nitrogen and oxygen atoms in total. The number of hydrogen-bond acceptors (Lipinski definition) is 28. The molecule has 0 spiro atoms. The van der Waals surface area contributed by atoms with E-state index in [2.05, 4.69) is 139 Å². The topological polar surface area (TPSA) is 263 Å². The monoisotopic (exact) mass is 1930 g/mol. The van der Waals surface area contributed by atoms with Crippen LogP contribution in [0.4, 0.5) is 22.7 Å². The molecular weight excluding hydrogens is 1770 g/mol. The molecule has 0 unspecified atom stereocenters. The number of piperidine rings is 4. The number of aromatic hydroxyl groups is 1. The number of methoxy groups -OCH3 is 3. The van der Waals surface area contributed by atoms with Crippen LogP contribution in [0.3, 0.4) is 0 Å². The number of benzene rings is 4. The van der Waals surface area contributed by atoms with Crippen LogP contribution in [-0.4, -0.2) is 296 Å². The van der Waals surface area contributed by atoms with Crippen molar-refractivity contribution in [3.63, 3.8) is 0 Å². The Labute approximate surface area is 834 Å². The molecule has 20 rings (SSSR count). The lowest BCUT2D eigenvalue weighted by Gasteiger charge is -2.30. The summed E-state index contributed by atoms with van der Waals surface area (Å²) in [6.45, 7) is 32.5. The number of aryl methyl sites for hydroxylation is 3. The predicted octanol–water partition coefficient (Wildman–Crippen LogP) is 20.9. The van der Waals surface area contributed by atoms with E-state index in [4.69, 9.17) is 70.8 Å². The number of hydrogen-bond donors (Lipinski definition) is 5. The summed E-state index contributed by atoms with van der Waals surface area (Å²) >= 11 is 0. The second kappa shape index (κ2) is 50.2. The summed E-state index contributed by atoms with van der Waals surface area (Å²) in [5.74, 6) is 11.7. The van der Waals surface area contributed by atoms with Crippen LogP contribution in [-0.2, 0) is 12.8 Å². The van der Waals surface area contributed by atoms with Crippen LogP contribution in [0.1, 0.15) is 160 Å². The van der Waals surface area contributed by atoms with Crippen molar-refractivity contribution in [2.45, 2.75) is 180 Å². The number of ether oxygens (including phenoxy) is 7. The van der Waals surface area contributed by atoms with Crippen LogP contribution in [0, 0.1) is 12.8 Å². The zero-order valence-corrected chi connectivity index (χ0v) is 85.5. The van der Waals surface area contributed by atoms with E-state index in [-0.39, 0.29) is 5.75 Å². The first-order valence-electron chi connectivity index (χ1n) is 52.7. The maximum absolute atomic E-state index is 10.8. The van der Waals surface area contributed by atoms with Crippen molar-refractivity contribution >= 4 is 66.4 Å². The van der Waals surface area contributed by atoms with Gasteiger partial charge in [0.2, 0.25) is 0 Å². The van der Waals surface area contributed by atoms with Crippen molar-refractivity contribution in [1.29, 1.82) is 0 Å². The van der Waals surface area contributed by atoms with Gasteiger partial charge in [0.05, 0.1) is 76.1 Å². The first kappa shape index (κ1) is 101. The van der Waals surface area contributed by atoms with Crippen molar-refractivity contribution in [2.75, 3.05) is 235 Å². The fourth-order valence-corrected chi connectivity index (χ4v) is 20.8. The molecule has 8 fully saturated rings. The SMILES string of the molecule is CCc1ccc(-c2cc(NC3CCN(C)CC3)c3cc(OC)c(OCCCN4CCCC4)cc3n2)o1.CCc1ccc(-c2cc(NCC3CCN(C)CC3)c3cc(OC)c(OCCCN4CCCC4)cc3n2)o1.COc1cc2c(NC3CCN(C)CC3)cc(-c3ccco3)nc2cc1OCCCN1CCCC1.Cc1ccc(-c2cc(NC3CCN(C)CC3)c3cc(O)c(OCCCN4CCCC4)cc3n2)o1. The average Bonchev–Trinajstić information content (AvgIpc) is 1.68. The van der Waals surface area contributed by atoms with E-state index in [9.17, 15) is 5.11 Å². The molecule has 28 heteroatoms. The number of phenols is 1. The number of aromatic nitrogens is 4. The van der Waals surface area contributed by atoms with Crippen molar-refractivity contribution < 1.29 is 55.9 Å². The van der Waals surface area contributed by atoms with Gasteiger partial charge in [0.1, 0.15) is 40.1 Å². The molecule has 5 N–H and O–H groups in total. The van der Waals surface area contributed by atoms with E-state index < -0.39 is 0 Å². The molecule has 0 radical (unpaired) electrons. The Kier molecular flexibility index (Phi) is 36.1. The molecule has 8 aromatic heterocycles. The van der Waals surface area contributed by atoms with Gasteiger partial charge in [-0.1, -0.05) is 13.8 Å². The van der Waals surface area contributed by atoms with E-state index in [1.54, 1.807) is 33.7 Å². The number of pyridine rings is 4. The summed E-state index contributed by atoms with van der Waals surface area (Å²) in [6, 6.07) is 41.4. The number of anilines is 4. The highest BCUT2D eigenvalue weighted by molar-refractivity contribution is 5.99. The van der Waals surface area contributed by atoms with Gasteiger partial charge < -0.3 is 116 Å². The summed E-state index contributed by atoms with van der Waals surface area (Å²) in [5.41, 5.74) is 10.9. The van der Waals surface area contributed by atoms with E-state index >= 15 is 0 Å². The molecule has 8 aliphatic rings. The van der Waals surface area contributed by atoms with Gasteiger partial charge in [0.15, 0.2) is 69.0 Å². The number of nitrogens with zero attached hydrogens (tertiary/aromatic N) is 12. The number of phenolic OH excluding ortho intramolecular Hbond substituents is 1. The summed E-state index contributed by atoms with van der Waals surface area (Å²) in [7, 11) is 13.9. The Hall–Kier alpha value is -11.1. The van der Waals surface area contributed by atoms with Gasteiger partial charge in [-0.15, -0.1) is 0 Å². The van der Waals surface area contributed by atoms with E-state index in [0.717, 1.165) is 326 Å². The summed E-state index contributed by atoms with van der Waals surface area (Å²) < 4.78 is 65.6. The smallest absolute Gasteiger partial charge is 0.163 e. The number of nitrogens with one attached hydrogen (secondary N) is 4. The van der Waals surface area contributed by atoms with Crippen molar-refractivity contribution in [3.05, 3.63) is 145 Å². The minimum atomic E-state index is 0.156. The highest BCUT2D eigenvalue weighted by Gasteiger charge is 2.29. The molecule has 16 heterocycles. The first-order valence-corrected chi connectivity index (χ1v) is 52.7. The Morgan fingerprint density at radius 3 is 1.00 bits per heavy atom. The fraction of sp³-hybridized carbons (Fsp3) is 0.540. The minimum Gasteiger partial charge on any atom is -0.504 e. The third-order valence-electron chi connectivity index (χ3n) is 29.4. The Morgan fingerprint density at radius 1 is 0.348 bits per heavy atom. The van der Waals surface area contributed by atoms with E-state index in [1.165, 1.54) is 117 Å². The number of fused-ring (bicyclic) bond motifs is 4. The van der Waals surface area contributed by atoms with Crippen LogP contribution in [0.2, 0.25) is 0 Å². The molecule has 0 amide bonds. The lowest BCUT2D eigenvalue weighted by atomic mass is 9.97. The minimum absolute atomic E-state index is 0.156. The van der Waals surface area contributed by atoms with Gasteiger partial charge in [0.25, 0.3) is 0 Å². The van der Waals surface area contributed by atoms with Crippen molar-refractivity contribution in [2.24, 2.45) is 5.92 Å². The predicted molar refractivity (Wildman–Crippen MR) is 567 cm³/mol. The number of furan rings is 4. The Morgan fingerprint density at radius 2 is 0.667 bits per heavy atom. The Bertz CT molecular complexity index is 5930. The molecule has 8 aliphatic heterocycles. The largest absolute Gasteiger partial charge is 0.504 e. The Balaban J connectivity index is 0.000000130. The van der Waals surface area contributed by atoms with Crippen molar-refractivity contribution in [1.82, 2.24) is 59.1 Å². The van der Waals surface area contributed by atoms with E-state index in [0.29, 0.717) is 56.2 Å². The van der Waals surface area contributed by atoms with Gasteiger partial charge in [-0.2, -0.15) is 0 Å². The standard InChI is InChI=1S/C30H42N4O3.C29H40N4O3.2C27H36N4O3/c1-4-23-8-9-28(37-23)27-19-25(31-21-22-10-15-33(2)16-11-22)24-18-29(35-3)30(20-26(24)32-27)36-17-7-14-34-12-5-6-13-34;1-4-22-8-9-27(36-22)26-19-24(30-21-10-15-32(2)16-11-21)23-18-28(34-3)29(20-25(23)31-26)35-17-7-14-33-12-5-6-13-33;1-19-6-7-26(34-19)24-17-22(28-20-8-13-30(2)14-9-20)21-16-25(32)27(18-23(21)29-24)33-15-5-12-31-10-3-4-11-31;1-30-13-8-20(9-14-30)28-22-18-24(25-7-5-15-33-25)29-23-19-27(26(32-2)17-21(22)23)34-16-6-12-31-10-3-4-11-31/h8-9,18-20,22H,4-7,10-17,21H2,1-3H3,(H,31,32);8-9,18-21H,4-7,10-17H2,1-3H3,(H,30,31);6-7,16-18,20,32H,3-5,8-15H2,1-2H3,(H,28,29);5,7,15,17-20H,3-4,6,8-14,16H2,1-2H3,(H,28,29). The maximum atomic E-state index is 10.8.